The minimum absolute atomic E-state index is 0.0341. The van der Waals surface area contributed by atoms with Gasteiger partial charge < -0.3 is 19.0 Å². The largest absolute Gasteiger partial charge is 0.497 e. The van der Waals surface area contributed by atoms with Gasteiger partial charge >= 0.3 is 0 Å². The molecule has 1 saturated heterocycles. The van der Waals surface area contributed by atoms with Gasteiger partial charge in [-0.3, -0.25) is 4.79 Å². The lowest BCUT2D eigenvalue weighted by Gasteiger charge is -2.36. The normalized spacial score (nSPS) is 13.7. The molecule has 0 atom stereocenters. The topological polar surface area (TPSA) is 71.7 Å². The number of hydrogen-bond donors (Lipinski definition) is 0. The fourth-order valence-electron chi connectivity index (χ4n) is 4.05. The Hall–Kier alpha value is -4.13. The quantitative estimate of drug-likeness (QED) is 0.436. The third-order valence-electron chi connectivity index (χ3n) is 6.11. The van der Waals surface area contributed by atoms with Gasteiger partial charge in [-0.1, -0.05) is 17.7 Å². The molecule has 5 rings (SSSR count). The summed E-state index contributed by atoms with van der Waals surface area (Å²) in [6.45, 7) is 4.97. The molecule has 1 amide bonds. The van der Waals surface area contributed by atoms with Crippen LogP contribution in [0.1, 0.15) is 15.9 Å². The summed E-state index contributed by atoms with van der Waals surface area (Å²) < 4.78 is 11.1. The molecule has 4 aromatic rings. The Kier molecular flexibility index (Phi) is 5.99. The molecule has 3 aromatic carbocycles. The molecular formula is C27H26N4O3. The van der Waals surface area contributed by atoms with E-state index in [4.69, 9.17) is 9.15 Å². The maximum Gasteiger partial charge on any atom is 0.253 e. The molecule has 0 unspecified atom stereocenters. The summed E-state index contributed by atoms with van der Waals surface area (Å²) in [5, 5.41) is 8.33. The number of nitrogens with zero attached hydrogens (tertiary/aromatic N) is 4. The molecule has 2 heterocycles. The molecule has 34 heavy (non-hydrogen) atoms. The second-order valence-corrected chi connectivity index (χ2v) is 8.33. The Morgan fingerprint density at radius 2 is 1.35 bits per heavy atom. The molecule has 1 aliphatic rings. The number of aryl methyl sites for hydroxylation is 1. The van der Waals surface area contributed by atoms with E-state index in [0.29, 0.717) is 30.4 Å². The van der Waals surface area contributed by atoms with E-state index in [0.717, 1.165) is 35.7 Å². The second-order valence-electron chi connectivity index (χ2n) is 8.33. The lowest BCUT2D eigenvalue weighted by Crippen LogP contribution is -2.48. The number of amides is 1. The number of rotatable bonds is 5. The zero-order valence-corrected chi connectivity index (χ0v) is 19.3. The Morgan fingerprint density at radius 1 is 0.794 bits per heavy atom. The molecule has 0 spiro atoms. The zero-order valence-electron chi connectivity index (χ0n) is 19.3. The van der Waals surface area contributed by atoms with E-state index in [1.54, 1.807) is 7.11 Å². The number of benzene rings is 3. The Morgan fingerprint density at radius 3 is 1.91 bits per heavy atom. The number of hydrogen-bond acceptors (Lipinski definition) is 6. The van der Waals surface area contributed by atoms with Gasteiger partial charge in [0, 0.05) is 48.6 Å². The van der Waals surface area contributed by atoms with E-state index in [1.807, 2.05) is 72.5 Å². The maximum atomic E-state index is 13.0. The van der Waals surface area contributed by atoms with Crippen molar-refractivity contribution in [3.63, 3.8) is 0 Å². The lowest BCUT2D eigenvalue weighted by atomic mass is 10.1. The van der Waals surface area contributed by atoms with Crippen LogP contribution >= 0.6 is 0 Å². The highest BCUT2D eigenvalue weighted by molar-refractivity contribution is 5.94. The summed E-state index contributed by atoms with van der Waals surface area (Å²) in [5.74, 6) is 1.78. The first kappa shape index (κ1) is 21.7. The lowest BCUT2D eigenvalue weighted by molar-refractivity contribution is 0.0747. The molecular weight excluding hydrogens is 428 g/mol. The molecule has 7 nitrogen and oxygen atoms in total. The first-order valence-electron chi connectivity index (χ1n) is 11.3. The van der Waals surface area contributed by atoms with Crippen molar-refractivity contribution in [1.29, 1.82) is 0 Å². The van der Waals surface area contributed by atoms with Crippen molar-refractivity contribution >= 4 is 11.6 Å². The fraction of sp³-hybridized carbons (Fsp3) is 0.222. The summed E-state index contributed by atoms with van der Waals surface area (Å²) in [4.78, 5) is 17.2. The number of ether oxygens (including phenoxy) is 1. The Bertz CT molecular complexity index is 1260. The Labute approximate surface area is 198 Å². The van der Waals surface area contributed by atoms with Crippen molar-refractivity contribution < 1.29 is 13.9 Å². The zero-order chi connectivity index (χ0) is 23.5. The molecule has 0 aliphatic carbocycles. The van der Waals surface area contributed by atoms with Gasteiger partial charge in [0.1, 0.15) is 5.75 Å². The van der Waals surface area contributed by atoms with Crippen molar-refractivity contribution in [3.05, 3.63) is 83.9 Å². The molecule has 0 radical (unpaired) electrons. The van der Waals surface area contributed by atoms with Gasteiger partial charge in [0.2, 0.25) is 11.8 Å². The van der Waals surface area contributed by atoms with Crippen LogP contribution in [0, 0.1) is 6.92 Å². The second kappa shape index (κ2) is 9.39. The number of methoxy groups -OCH3 is 1. The van der Waals surface area contributed by atoms with Crippen molar-refractivity contribution in [2.75, 3.05) is 38.2 Å². The van der Waals surface area contributed by atoms with Crippen LogP contribution in [0.15, 0.2) is 77.2 Å². The molecule has 0 saturated carbocycles. The first-order chi connectivity index (χ1) is 16.6. The van der Waals surface area contributed by atoms with Crippen LogP contribution in [0.2, 0.25) is 0 Å². The van der Waals surface area contributed by atoms with Crippen LogP contribution in [0.5, 0.6) is 5.75 Å². The number of carbonyl (C=O) groups excluding carboxylic acids is 1. The predicted molar refractivity (Wildman–Crippen MR) is 131 cm³/mol. The molecule has 1 aliphatic heterocycles. The van der Waals surface area contributed by atoms with Gasteiger partial charge in [0.25, 0.3) is 5.91 Å². The third kappa shape index (κ3) is 4.50. The van der Waals surface area contributed by atoms with Crippen LogP contribution in [0.25, 0.3) is 22.9 Å². The average Bonchev–Trinajstić information content (AvgIpc) is 3.39. The molecule has 0 N–H and O–H groups in total. The smallest absolute Gasteiger partial charge is 0.253 e. The standard InChI is InChI=1S/C27H26N4O3/c1-19-3-5-20(6-4-19)25-28-29-26(34-25)21-7-9-22(10-8-21)27(32)31-17-15-30(16-18-31)23-11-13-24(33-2)14-12-23/h3-14H,15-18H2,1-2H3. The van der Waals surface area contributed by atoms with E-state index in [2.05, 4.69) is 27.2 Å². The monoisotopic (exact) mass is 454 g/mol. The molecule has 1 aromatic heterocycles. The Balaban J connectivity index is 1.22. The van der Waals surface area contributed by atoms with E-state index in [9.17, 15) is 4.79 Å². The van der Waals surface area contributed by atoms with Crippen LogP contribution in [0.4, 0.5) is 5.69 Å². The minimum atomic E-state index is 0.0341. The third-order valence-corrected chi connectivity index (χ3v) is 6.11. The number of piperazine rings is 1. The van der Waals surface area contributed by atoms with E-state index < -0.39 is 0 Å². The van der Waals surface area contributed by atoms with E-state index >= 15 is 0 Å². The van der Waals surface area contributed by atoms with E-state index in [-0.39, 0.29) is 5.91 Å². The highest BCUT2D eigenvalue weighted by atomic mass is 16.5. The number of anilines is 1. The summed E-state index contributed by atoms with van der Waals surface area (Å²) in [5.41, 5.74) is 4.63. The average molecular weight is 455 g/mol. The van der Waals surface area contributed by atoms with Crippen molar-refractivity contribution in [2.45, 2.75) is 6.92 Å². The van der Waals surface area contributed by atoms with Gasteiger partial charge in [-0.15, -0.1) is 10.2 Å². The summed E-state index contributed by atoms with van der Waals surface area (Å²) in [6.07, 6.45) is 0. The van der Waals surface area contributed by atoms with Crippen LogP contribution in [-0.2, 0) is 0 Å². The van der Waals surface area contributed by atoms with Crippen molar-refractivity contribution in [3.8, 4) is 28.7 Å². The van der Waals surface area contributed by atoms with Gasteiger partial charge in [-0.05, 0) is 67.6 Å². The first-order valence-corrected chi connectivity index (χ1v) is 11.3. The minimum Gasteiger partial charge on any atom is -0.497 e. The summed E-state index contributed by atoms with van der Waals surface area (Å²) >= 11 is 0. The SMILES string of the molecule is COc1ccc(N2CCN(C(=O)c3ccc(-c4nnc(-c5ccc(C)cc5)o4)cc3)CC2)cc1. The molecule has 0 bridgehead atoms. The van der Waals surface area contributed by atoms with Crippen LogP contribution < -0.4 is 9.64 Å². The van der Waals surface area contributed by atoms with Crippen molar-refractivity contribution in [2.24, 2.45) is 0 Å². The molecule has 172 valence electrons. The van der Waals surface area contributed by atoms with Gasteiger partial charge in [-0.2, -0.15) is 0 Å². The number of carbonyl (C=O) groups is 1. The summed E-state index contributed by atoms with van der Waals surface area (Å²) in [6, 6.07) is 23.3. The van der Waals surface area contributed by atoms with E-state index in [1.165, 1.54) is 5.56 Å². The molecule has 7 heteroatoms. The van der Waals surface area contributed by atoms with Crippen LogP contribution in [0.3, 0.4) is 0 Å². The fourth-order valence-corrected chi connectivity index (χ4v) is 4.05. The maximum absolute atomic E-state index is 13.0. The van der Waals surface area contributed by atoms with Crippen LogP contribution in [-0.4, -0.2) is 54.3 Å². The highest BCUT2D eigenvalue weighted by Gasteiger charge is 2.22. The molecule has 1 fully saturated rings. The van der Waals surface area contributed by atoms with Gasteiger partial charge in [-0.25, -0.2) is 0 Å². The van der Waals surface area contributed by atoms with Crippen molar-refractivity contribution in [1.82, 2.24) is 15.1 Å². The predicted octanol–water partition coefficient (Wildman–Crippen LogP) is 4.68. The summed E-state index contributed by atoms with van der Waals surface area (Å²) in [7, 11) is 1.66. The van der Waals surface area contributed by atoms with Gasteiger partial charge in [0.05, 0.1) is 7.11 Å². The van der Waals surface area contributed by atoms with Gasteiger partial charge in [0.15, 0.2) is 0 Å². The number of aromatic nitrogens is 2. The highest BCUT2D eigenvalue weighted by Crippen LogP contribution is 2.25.